The largest absolute Gasteiger partial charge is 0.355 e. The van der Waals surface area contributed by atoms with Crippen LogP contribution in [-0.2, 0) is 19.6 Å². The predicted octanol–water partition coefficient (Wildman–Crippen LogP) is -1.02. The summed E-state index contributed by atoms with van der Waals surface area (Å²) >= 11 is 0. The molecule has 156 valence electrons. The van der Waals surface area contributed by atoms with Crippen LogP contribution in [0, 0.1) is 0 Å². The molecule has 2 amide bonds. The molecule has 0 bridgehead atoms. The molecule has 2 aromatic carbocycles. The van der Waals surface area contributed by atoms with Crippen LogP contribution < -0.4 is 15.5 Å². The van der Waals surface area contributed by atoms with Crippen LogP contribution in [0.2, 0.25) is 0 Å². The molecule has 0 aliphatic carbocycles. The summed E-state index contributed by atoms with van der Waals surface area (Å²) < 4.78 is 27.5. The van der Waals surface area contributed by atoms with Crippen molar-refractivity contribution in [3.8, 4) is 0 Å². The highest BCUT2D eigenvalue weighted by Gasteiger charge is 2.31. The third-order valence-electron chi connectivity index (χ3n) is 5.02. The Kier molecular flexibility index (Phi) is 6.83. The zero-order valence-electron chi connectivity index (χ0n) is 16.5. The van der Waals surface area contributed by atoms with Gasteiger partial charge in [0.1, 0.15) is 0 Å². The number of rotatable bonds is 7. The van der Waals surface area contributed by atoms with Crippen LogP contribution in [0.5, 0.6) is 0 Å². The molecule has 1 aliphatic rings. The van der Waals surface area contributed by atoms with E-state index in [9.17, 15) is 18.0 Å². The fraction of sp³-hybridized carbons (Fsp3) is 0.400. The number of carbonyl (C=O) groups excluding carboxylic acids is 2. The van der Waals surface area contributed by atoms with Crippen molar-refractivity contribution in [2.75, 3.05) is 45.8 Å². The van der Waals surface area contributed by atoms with E-state index in [-0.39, 0.29) is 24.9 Å². The van der Waals surface area contributed by atoms with Crippen molar-refractivity contribution in [1.82, 2.24) is 14.9 Å². The first-order valence-corrected chi connectivity index (χ1v) is 11.2. The minimum absolute atomic E-state index is 0.0393. The van der Waals surface area contributed by atoms with E-state index >= 15 is 0 Å². The van der Waals surface area contributed by atoms with Gasteiger partial charge in [-0.1, -0.05) is 30.3 Å². The van der Waals surface area contributed by atoms with Crippen LogP contribution in [0.3, 0.4) is 0 Å². The van der Waals surface area contributed by atoms with Crippen molar-refractivity contribution in [3.05, 3.63) is 42.5 Å². The van der Waals surface area contributed by atoms with E-state index in [0.29, 0.717) is 37.6 Å². The van der Waals surface area contributed by atoms with E-state index in [0.717, 1.165) is 15.7 Å². The molecule has 1 fully saturated rings. The average molecular weight is 420 g/mol. The van der Waals surface area contributed by atoms with Crippen molar-refractivity contribution >= 4 is 32.6 Å². The van der Waals surface area contributed by atoms with Gasteiger partial charge in [0.05, 0.1) is 37.6 Å². The van der Waals surface area contributed by atoms with Crippen molar-refractivity contribution in [2.24, 2.45) is 0 Å². The molecule has 0 spiro atoms. The maximum Gasteiger partial charge on any atom is 0.275 e. The first-order chi connectivity index (χ1) is 13.9. The lowest BCUT2D eigenvalue weighted by Crippen LogP contribution is -3.15. The van der Waals surface area contributed by atoms with Crippen LogP contribution in [0.4, 0.5) is 0 Å². The van der Waals surface area contributed by atoms with Crippen LogP contribution >= 0.6 is 0 Å². The second-order valence-electron chi connectivity index (χ2n) is 7.07. The van der Waals surface area contributed by atoms with Gasteiger partial charge in [-0.25, -0.2) is 8.42 Å². The first kappa shape index (κ1) is 21.2. The normalized spacial score (nSPS) is 15.9. The zero-order chi connectivity index (χ0) is 20.9. The summed E-state index contributed by atoms with van der Waals surface area (Å²) in [6.07, 6.45) is 0. The van der Waals surface area contributed by atoms with Crippen LogP contribution in [-0.4, -0.2) is 70.4 Å². The Morgan fingerprint density at radius 1 is 1.00 bits per heavy atom. The van der Waals surface area contributed by atoms with E-state index < -0.39 is 10.0 Å². The molecule has 0 atom stereocenters. The number of carbonyl (C=O) groups is 2. The number of sulfonamides is 1. The number of benzene rings is 2. The van der Waals surface area contributed by atoms with E-state index in [1.807, 2.05) is 37.3 Å². The predicted molar refractivity (Wildman–Crippen MR) is 110 cm³/mol. The van der Waals surface area contributed by atoms with Gasteiger partial charge in [-0.2, -0.15) is 4.31 Å². The molecule has 0 radical (unpaired) electrons. The van der Waals surface area contributed by atoms with E-state index in [1.54, 1.807) is 12.1 Å². The average Bonchev–Trinajstić information content (AvgIpc) is 2.72. The third kappa shape index (κ3) is 5.31. The molecule has 1 aliphatic heterocycles. The molecular formula is C20H27N4O4S+. The summed E-state index contributed by atoms with van der Waals surface area (Å²) in [7, 11) is -3.57. The summed E-state index contributed by atoms with van der Waals surface area (Å²) in [6, 6.07) is 12.8. The van der Waals surface area contributed by atoms with E-state index in [2.05, 4.69) is 10.6 Å². The van der Waals surface area contributed by atoms with Gasteiger partial charge in [0.25, 0.3) is 5.91 Å². The second-order valence-corrected chi connectivity index (χ2v) is 9.01. The Hall–Kier alpha value is -2.49. The highest BCUT2D eigenvalue weighted by atomic mass is 32.2. The summed E-state index contributed by atoms with van der Waals surface area (Å²) in [4.78, 5) is 24.7. The minimum atomic E-state index is -3.57. The number of likely N-dealkylation sites (N-methyl/N-ethyl adjacent to an activating group) is 1. The highest BCUT2D eigenvalue weighted by Crippen LogP contribution is 2.21. The Labute approximate surface area is 170 Å². The fourth-order valence-corrected chi connectivity index (χ4v) is 4.90. The number of nitrogens with zero attached hydrogens (tertiary/aromatic N) is 1. The molecular weight excluding hydrogens is 392 g/mol. The molecule has 0 aromatic heterocycles. The Morgan fingerprint density at radius 2 is 1.69 bits per heavy atom. The molecule has 3 N–H and O–H groups in total. The number of nitrogens with one attached hydrogen (secondary N) is 3. The molecule has 0 saturated carbocycles. The molecule has 1 saturated heterocycles. The van der Waals surface area contributed by atoms with E-state index in [4.69, 9.17) is 0 Å². The van der Waals surface area contributed by atoms with Gasteiger partial charge in [-0.15, -0.1) is 0 Å². The number of quaternary nitrogens is 1. The molecule has 3 rings (SSSR count). The Balaban J connectivity index is 1.55. The Morgan fingerprint density at radius 3 is 2.38 bits per heavy atom. The SMILES string of the molecule is CCNC(=O)CNC(=O)C[NH+]1CCN(S(=O)(=O)c2ccc3ccccc3c2)CC1. The van der Waals surface area contributed by atoms with Crippen molar-refractivity contribution in [2.45, 2.75) is 11.8 Å². The zero-order valence-corrected chi connectivity index (χ0v) is 17.3. The number of hydrogen-bond donors (Lipinski definition) is 3. The number of fused-ring (bicyclic) bond motifs is 1. The lowest BCUT2D eigenvalue weighted by atomic mass is 10.1. The van der Waals surface area contributed by atoms with Gasteiger partial charge in [-0.3, -0.25) is 9.59 Å². The number of piperazine rings is 1. The first-order valence-electron chi connectivity index (χ1n) is 9.76. The van der Waals surface area contributed by atoms with Gasteiger partial charge in [0, 0.05) is 6.54 Å². The maximum atomic E-state index is 13.0. The molecule has 8 nitrogen and oxygen atoms in total. The van der Waals surface area contributed by atoms with Crippen molar-refractivity contribution in [1.29, 1.82) is 0 Å². The number of amides is 2. The quantitative estimate of drug-likeness (QED) is 0.535. The van der Waals surface area contributed by atoms with Crippen LogP contribution in [0.25, 0.3) is 10.8 Å². The summed E-state index contributed by atoms with van der Waals surface area (Å²) in [5, 5.41) is 7.10. The molecule has 0 unspecified atom stereocenters. The van der Waals surface area contributed by atoms with E-state index in [1.165, 1.54) is 4.31 Å². The van der Waals surface area contributed by atoms with Gasteiger partial charge in [0.2, 0.25) is 15.9 Å². The molecule has 1 heterocycles. The maximum absolute atomic E-state index is 13.0. The fourth-order valence-electron chi connectivity index (χ4n) is 3.42. The topological polar surface area (TPSA) is 100 Å². The third-order valence-corrected chi connectivity index (χ3v) is 6.91. The minimum Gasteiger partial charge on any atom is -0.355 e. The van der Waals surface area contributed by atoms with Crippen LogP contribution in [0.1, 0.15) is 6.92 Å². The Bertz CT molecular complexity index is 985. The van der Waals surface area contributed by atoms with Crippen LogP contribution in [0.15, 0.2) is 47.4 Å². The van der Waals surface area contributed by atoms with Crippen molar-refractivity contribution in [3.63, 3.8) is 0 Å². The lowest BCUT2D eigenvalue weighted by molar-refractivity contribution is -0.895. The van der Waals surface area contributed by atoms with Gasteiger partial charge >= 0.3 is 0 Å². The molecule has 9 heteroatoms. The monoisotopic (exact) mass is 419 g/mol. The summed E-state index contributed by atoms with van der Waals surface area (Å²) in [5.74, 6) is -0.431. The number of hydrogen-bond acceptors (Lipinski definition) is 4. The summed E-state index contributed by atoms with van der Waals surface area (Å²) in [5.41, 5.74) is 0. The molecule has 2 aromatic rings. The second kappa shape index (κ2) is 9.34. The lowest BCUT2D eigenvalue weighted by Gasteiger charge is -2.31. The standard InChI is InChI=1S/C20H26N4O4S/c1-2-21-19(25)14-22-20(26)15-23-9-11-24(12-10-23)29(27,28)18-8-7-16-5-3-4-6-17(16)13-18/h3-8,13H,2,9-12,14-15H2,1H3,(H,21,25)(H,22,26)/p+1. The highest BCUT2D eigenvalue weighted by molar-refractivity contribution is 7.89. The smallest absolute Gasteiger partial charge is 0.275 e. The van der Waals surface area contributed by atoms with Gasteiger partial charge in [0.15, 0.2) is 6.54 Å². The molecule has 29 heavy (non-hydrogen) atoms. The summed E-state index contributed by atoms with van der Waals surface area (Å²) in [6.45, 7) is 4.32. The van der Waals surface area contributed by atoms with Crippen molar-refractivity contribution < 1.29 is 22.9 Å². The van der Waals surface area contributed by atoms with Gasteiger partial charge in [-0.05, 0) is 29.8 Å². The van der Waals surface area contributed by atoms with Gasteiger partial charge < -0.3 is 15.5 Å².